The summed E-state index contributed by atoms with van der Waals surface area (Å²) >= 11 is 0. The number of hydrogen-bond acceptors (Lipinski definition) is 6. The third-order valence-electron chi connectivity index (χ3n) is 9.70. The van der Waals surface area contributed by atoms with Crippen molar-refractivity contribution in [2.24, 2.45) is 0 Å². The molecule has 0 amide bonds. The molecule has 0 bridgehead atoms. The average molecular weight is 861 g/mol. The second-order valence-electron chi connectivity index (χ2n) is 16.8. The third kappa shape index (κ3) is 46.7. The molecule has 0 aliphatic rings. The van der Waals surface area contributed by atoms with Crippen LogP contribution < -0.4 is 0 Å². The van der Waals surface area contributed by atoms with Crippen LogP contribution in [0.15, 0.2) is 85.1 Å². The van der Waals surface area contributed by atoms with E-state index in [0.29, 0.717) is 24.1 Å². The van der Waals surface area contributed by atoms with Crippen molar-refractivity contribution in [1.82, 2.24) is 0 Å². The predicted octanol–water partition coefficient (Wildman–Crippen LogP) is 14.4. The Hall–Kier alpha value is -2.32. The quantitative estimate of drug-likeness (QED) is 0.0215. The summed E-state index contributed by atoms with van der Waals surface area (Å²) in [5.41, 5.74) is 0. The van der Waals surface area contributed by atoms with Crippen molar-refractivity contribution in [2.75, 3.05) is 54.1 Å². The van der Waals surface area contributed by atoms with Crippen LogP contribution >= 0.6 is 7.82 Å². The lowest BCUT2D eigenvalue weighted by atomic mass is 10.1. The van der Waals surface area contributed by atoms with Gasteiger partial charge in [-0.1, -0.05) is 176 Å². The van der Waals surface area contributed by atoms with E-state index in [-0.39, 0.29) is 26.2 Å². The molecule has 60 heavy (non-hydrogen) atoms. The van der Waals surface area contributed by atoms with Crippen LogP contribution in [0.4, 0.5) is 0 Å². The van der Waals surface area contributed by atoms with E-state index in [9.17, 15) is 14.3 Å². The minimum atomic E-state index is -4.30. The molecule has 2 unspecified atom stereocenters. The molecule has 9 heteroatoms. The van der Waals surface area contributed by atoms with Gasteiger partial charge in [0.05, 0.1) is 34.4 Å². The highest BCUT2D eigenvalue weighted by atomic mass is 31.2. The van der Waals surface area contributed by atoms with Gasteiger partial charge in [-0.25, -0.2) is 4.57 Å². The standard InChI is InChI=1S/C51H90NO7P/c1-6-8-10-12-14-16-18-20-22-24-26-28-30-32-34-36-38-40-42-44-51(53)59-50(49-58-60(54,55)57-47-45-52(3,4)5)48-56-46-43-41-39-37-35-33-31-29-27-25-23-21-19-17-15-13-11-9-7-2/h8,10,14,16,20,22-23,25-26,28,32,34,38,40,50H,6-7,9,11-13,15,17-19,21,24,27,29-31,33,35-37,39,41-49H2,1-5H3/p+1/b10-8-,16-14-,22-20-,25-23-,28-26-,34-32-,40-38-. The number of unbranched alkanes of at least 4 members (excludes halogenated alkanes) is 15. The van der Waals surface area contributed by atoms with Crippen molar-refractivity contribution in [1.29, 1.82) is 0 Å². The molecule has 0 radical (unpaired) electrons. The summed E-state index contributed by atoms with van der Waals surface area (Å²) in [5, 5.41) is 0. The van der Waals surface area contributed by atoms with Crippen molar-refractivity contribution >= 4 is 13.8 Å². The number of ether oxygens (including phenoxy) is 2. The number of hydrogen-bond donors (Lipinski definition) is 1. The zero-order valence-electron chi connectivity index (χ0n) is 39.2. The predicted molar refractivity (Wildman–Crippen MR) is 256 cm³/mol. The number of likely N-dealkylation sites (N-methyl/N-ethyl adjacent to an activating group) is 1. The molecule has 346 valence electrons. The fraction of sp³-hybridized carbons (Fsp3) is 0.706. The summed E-state index contributed by atoms with van der Waals surface area (Å²) in [5.74, 6) is -0.398. The molecule has 0 aliphatic carbocycles. The summed E-state index contributed by atoms with van der Waals surface area (Å²) in [6.45, 7) is 5.39. The maximum atomic E-state index is 12.7. The molecule has 0 aromatic carbocycles. The summed E-state index contributed by atoms with van der Waals surface area (Å²) < 4.78 is 35.0. The highest BCUT2D eigenvalue weighted by molar-refractivity contribution is 7.47. The molecule has 0 saturated carbocycles. The van der Waals surface area contributed by atoms with E-state index in [1.54, 1.807) is 0 Å². The number of carbonyl (C=O) groups excluding carboxylic acids is 1. The first-order valence-electron chi connectivity index (χ1n) is 23.8. The smallest absolute Gasteiger partial charge is 0.457 e. The van der Waals surface area contributed by atoms with E-state index in [1.807, 2.05) is 33.3 Å². The zero-order valence-corrected chi connectivity index (χ0v) is 40.1. The van der Waals surface area contributed by atoms with Gasteiger partial charge in [-0.05, 0) is 77.0 Å². The van der Waals surface area contributed by atoms with Crippen LogP contribution in [0.1, 0.15) is 174 Å². The summed E-state index contributed by atoms with van der Waals surface area (Å²) in [6, 6.07) is 0. The molecular formula is C51H91NO7P+. The van der Waals surface area contributed by atoms with Crippen molar-refractivity contribution in [3.05, 3.63) is 85.1 Å². The SMILES string of the molecule is CC/C=C\C/C=C\C/C=C\C/C=C\C/C=C\C/C=C\CCC(=O)OC(COCCCCCCCCCC/C=C\CCCCCCCCC)COP(=O)(O)OCC[N+](C)(C)C. The Morgan fingerprint density at radius 3 is 1.45 bits per heavy atom. The largest absolute Gasteiger partial charge is 0.472 e. The zero-order chi connectivity index (χ0) is 44.1. The van der Waals surface area contributed by atoms with Gasteiger partial charge in [-0.15, -0.1) is 0 Å². The maximum Gasteiger partial charge on any atom is 0.472 e. The van der Waals surface area contributed by atoms with Gasteiger partial charge in [0.25, 0.3) is 0 Å². The summed E-state index contributed by atoms with van der Waals surface area (Å²) in [6.07, 6.45) is 57.8. The highest BCUT2D eigenvalue weighted by Gasteiger charge is 2.26. The number of quaternary nitrogens is 1. The number of carbonyl (C=O) groups is 1. The molecule has 0 rings (SSSR count). The van der Waals surface area contributed by atoms with Gasteiger partial charge >= 0.3 is 13.8 Å². The molecule has 8 nitrogen and oxygen atoms in total. The van der Waals surface area contributed by atoms with Crippen molar-refractivity contribution in [3.63, 3.8) is 0 Å². The van der Waals surface area contributed by atoms with E-state index in [1.165, 1.54) is 96.3 Å². The average Bonchev–Trinajstić information content (AvgIpc) is 3.20. The van der Waals surface area contributed by atoms with Gasteiger partial charge in [-0.2, -0.15) is 0 Å². The lowest BCUT2D eigenvalue weighted by Crippen LogP contribution is -2.37. The normalized spacial score (nSPS) is 14.4. The van der Waals surface area contributed by atoms with Crippen LogP contribution in [0.5, 0.6) is 0 Å². The van der Waals surface area contributed by atoms with E-state index in [2.05, 4.69) is 86.8 Å². The summed E-state index contributed by atoms with van der Waals surface area (Å²) in [7, 11) is 1.61. The molecule has 0 fully saturated rings. The van der Waals surface area contributed by atoms with E-state index in [0.717, 1.165) is 51.4 Å². The Morgan fingerprint density at radius 1 is 0.533 bits per heavy atom. The number of phosphoric acid groups is 1. The second-order valence-corrected chi connectivity index (χ2v) is 18.2. The van der Waals surface area contributed by atoms with Crippen LogP contribution in [0.25, 0.3) is 0 Å². The lowest BCUT2D eigenvalue weighted by molar-refractivity contribution is -0.870. The Bertz CT molecular complexity index is 1230. The molecule has 0 spiro atoms. The van der Waals surface area contributed by atoms with Crippen LogP contribution in [0.3, 0.4) is 0 Å². The minimum Gasteiger partial charge on any atom is -0.457 e. The molecule has 0 saturated heterocycles. The van der Waals surface area contributed by atoms with E-state index in [4.69, 9.17) is 18.5 Å². The first-order chi connectivity index (χ1) is 29.1. The maximum absolute atomic E-state index is 12.7. The first kappa shape index (κ1) is 57.7. The van der Waals surface area contributed by atoms with Crippen LogP contribution in [-0.4, -0.2) is 75.6 Å². The minimum absolute atomic E-state index is 0.0704. The summed E-state index contributed by atoms with van der Waals surface area (Å²) in [4.78, 5) is 22.9. The topological polar surface area (TPSA) is 91.3 Å². The first-order valence-corrected chi connectivity index (χ1v) is 25.3. The van der Waals surface area contributed by atoms with Crippen LogP contribution in [0.2, 0.25) is 0 Å². The van der Waals surface area contributed by atoms with Crippen molar-refractivity contribution in [2.45, 2.75) is 180 Å². The third-order valence-corrected chi connectivity index (χ3v) is 10.7. The van der Waals surface area contributed by atoms with Crippen LogP contribution in [0, 0.1) is 0 Å². The molecule has 2 atom stereocenters. The van der Waals surface area contributed by atoms with Crippen molar-refractivity contribution in [3.8, 4) is 0 Å². The molecule has 1 N–H and O–H groups in total. The Balaban J connectivity index is 4.33. The monoisotopic (exact) mass is 861 g/mol. The Labute approximate surface area is 369 Å². The van der Waals surface area contributed by atoms with E-state index >= 15 is 0 Å². The highest BCUT2D eigenvalue weighted by Crippen LogP contribution is 2.43. The fourth-order valence-corrected chi connectivity index (χ4v) is 6.78. The second kappa shape index (κ2) is 43.3. The van der Waals surface area contributed by atoms with Crippen molar-refractivity contribution < 1.29 is 37.3 Å². The Kier molecular flexibility index (Phi) is 41.7. The number of nitrogens with zero attached hydrogens (tertiary/aromatic N) is 1. The number of allylic oxidation sites excluding steroid dienone is 14. The van der Waals surface area contributed by atoms with Gasteiger partial charge in [0.1, 0.15) is 19.3 Å². The molecule has 0 aromatic heterocycles. The molecule has 0 aliphatic heterocycles. The van der Waals surface area contributed by atoms with Gasteiger partial charge in [0, 0.05) is 13.0 Å². The number of phosphoric ester groups is 1. The molecule has 0 aromatic rings. The van der Waals surface area contributed by atoms with Gasteiger partial charge < -0.3 is 18.9 Å². The fourth-order valence-electron chi connectivity index (χ4n) is 6.04. The number of rotatable bonds is 43. The molecule has 0 heterocycles. The van der Waals surface area contributed by atoms with E-state index < -0.39 is 19.9 Å². The molecular weight excluding hydrogens is 770 g/mol. The Morgan fingerprint density at radius 2 is 0.967 bits per heavy atom. The number of esters is 1. The van der Waals surface area contributed by atoms with Gasteiger partial charge in [-0.3, -0.25) is 13.8 Å². The lowest BCUT2D eigenvalue weighted by Gasteiger charge is -2.24. The van der Waals surface area contributed by atoms with Gasteiger partial charge in [0.15, 0.2) is 0 Å². The van der Waals surface area contributed by atoms with Crippen LogP contribution in [-0.2, 0) is 27.9 Å². The van der Waals surface area contributed by atoms with Gasteiger partial charge in [0.2, 0.25) is 0 Å².